The molecule has 0 radical (unpaired) electrons. The topological polar surface area (TPSA) is 78.7 Å². The second kappa shape index (κ2) is 7.50. The van der Waals surface area contributed by atoms with Crippen molar-refractivity contribution in [1.82, 2.24) is 20.1 Å². The summed E-state index contributed by atoms with van der Waals surface area (Å²) >= 11 is 0. The van der Waals surface area contributed by atoms with E-state index in [-0.39, 0.29) is 17.7 Å². The fourth-order valence-corrected chi connectivity index (χ4v) is 4.73. The van der Waals surface area contributed by atoms with Crippen LogP contribution in [0.25, 0.3) is 0 Å². The number of piperidine rings is 2. The molecule has 3 heterocycles. The Bertz CT molecular complexity index is 732. The van der Waals surface area contributed by atoms with Gasteiger partial charge in [0.1, 0.15) is 5.76 Å². The minimum absolute atomic E-state index is 0.0226. The first-order valence-electron chi connectivity index (χ1n) is 11.0. The smallest absolute Gasteiger partial charge is 0.276 e. The van der Waals surface area contributed by atoms with Crippen molar-refractivity contribution in [2.75, 3.05) is 26.2 Å². The van der Waals surface area contributed by atoms with Crippen molar-refractivity contribution in [3.05, 3.63) is 17.8 Å². The quantitative estimate of drug-likeness (QED) is 0.839. The van der Waals surface area contributed by atoms with Gasteiger partial charge < -0.3 is 14.6 Å². The van der Waals surface area contributed by atoms with Crippen LogP contribution in [0.1, 0.15) is 73.5 Å². The van der Waals surface area contributed by atoms with Crippen LogP contribution in [0.3, 0.4) is 0 Å². The standard InChI is InChI=1S/C21H30N4O3/c26-20(23-16-5-6-16)15-2-1-9-25(12-15)17-7-10-24(11-8-17)21(27)18-19(14-3-4-14)28-13-22-18/h13-17H,1-12H2,(H,23,26)/t15-/m0/s1. The molecule has 7 nitrogen and oxygen atoms in total. The van der Waals surface area contributed by atoms with Crippen LogP contribution in [-0.2, 0) is 4.79 Å². The highest BCUT2D eigenvalue weighted by Gasteiger charge is 2.37. The first kappa shape index (κ1) is 18.2. The summed E-state index contributed by atoms with van der Waals surface area (Å²) in [7, 11) is 0. The molecular formula is C21H30N4O3. The number of rotatable bonds is 5. The molecule has 2 saturated heterocycles. The van der Waals surface area contributed by atoms with E-state index in [9.17, 15) is 9.59 Å². The minimum Gasteiger partial charge on any atom is -0.447 e. The highest BCUT2D eigenvalue weighted by Crippen LogP contribution is 2.41. The van der Waals surface area contributed by atoms with Crippen LogP contribution in [0.4, 0.5) is 0 Å². The molecule has 2 aliphatic heterocycles. The normalized spacial score (nSPS) is 27.0. The Labute approximate surface area is 165 Å². The number of nitrogens with one attached hydrogen (secondary N) is 1. The number of carbonyl (C=O) groups excluding carboxylic acids is 2. The van der Waals surface area contributed by atoms with E-state index >= 15 is 0 Å². The van der Waals surface area contributed by atoms with Gasteiger partial charge >= 0.3 is 0 Å². The third-order valence-electron chi connectivity index (χ3n) is 6.76. The van der Waals surface area contributed by atoms with Crippen molar-refractivity contribution in [3.63, 3.8) is 0 Å². The Balaban J connectivity index is 1.15. The lowest BCUT2D eigenvalue weighted by Gasteiger charge is -2.42. The molecule has 4 fully saturated rings. The number of nitrogens with zero attached hydrogens (tertiary/aromatic N) is 3. The minimum atomic E-state index is 0.0226. The Morgan fingerprint density at radius 3 is 2.54 bits per heavy atom. The Morgan fingerprint density at radius 2 is 1.82 bits per heavy atom. The summed E-state index contributed by atoms with van der Waals surface area (Å²) in [6, 6.07) is 0.912. The van der Waals surface area contributed by atoms with E-state index in [4.69, 9.17) is 4.42 Å². The van der Waals surface area contributed by atoms with Crippen LogP contribution >= 0.6 is 0 Å². The van der Waals surface area contributed by atoms with Crippen molar-refractivity contribution < 1.29 is 14.0 Å². The molecule has 2 saturated carbocycles. The number of hydrogen-bond donors (Lipinski definition) is 1. The first-order chi connectivity index (χ1) is 13.7. The van der Waals surface area contributed by atoms with Crippen LogP contribution < -0.4 is 5.32 Å². The van der Waals surface area contributed by atoms with Gasteiger partial charge in [-0.1, -0.05) is 0 Å². The average Bonchev–Trinajstić information content (AvgIpc) is 3.68. The number of likely N-dealkylation sites (tertiary alicyclic amines) is 2. The highest BCUT2D eigenvalue weighted by atomic mass is 16.3. The second-order valence-corrected chi connectivity index (χ2v) is 8.98. The van der Waals surface area contributed by atoms with Crippen molar-refractivity contribution in [2.24, 2.45) is 5.92 Å². The van der Waals surface area contributed by atoms with Crippen molar-refractivity contribution in [3.8, 4) is 0 Å². The van der Waals surface area contributed by atoms with E-state index in [2.05, 4.69) is 15.2 Å². The largest absolute Gasteiger partial charge is 0.447 e. The summed E-state index contributed by atoms with van der Waals surface area (Å²) in [6.45, 7) is 3.46. The van der Waals surface area contributed by atoms with E-state index < -0.39 is 0 Å². The van der Waals surface area contributed by atoms with Crippen LogP contribution in [-0.4, -0.2) is 64.9 Å². The van der Waals surface area contributed by atoms with E-state index in [1.165, 1.54) is 6.39 Å². The summed E-state index contributed by atoms with van der Waals surface area (Å²) in [4.78, 5) is 34.0. The van der Waals surface area contributed by atoms with E-state index in [1.54, 1.807) is 0 Å². The maximum Gasteiger partial charge on any atom is 0.276 e. The van der Waals surface area contributed by atoms with Crippen molar-refractivity contribution >= 4 is 11.8 Å². The van der Waals surface area contributed by atoms with Crippen LogP contribution in [0.5, 0.6) is 0 Å². The monoisotopic (exact) mass is 386 g/mol. The molecule has 28 heavy (non-hydrogen) atoms. The average molecular weight is 386 g/mol. The fourth-order valence-electron chi connectivity index (χ4n) is 4.73. The summed E-state index contributed by atoms with van der Waals surface area (Å²) in [5.41, 5.74) is 0.524. The summed E-state index contributed by atoms with van der Waals surface area (Å²) in [6.07, 6.45) is 9.93. The maximum absolute atomic E-state index is 12.9. The summed E-state index contributed by atoms with van der Waals surface area (Å²) in [5, 5.41) is 3.17. The second-order valence-electron chi connectivity index (χ2n) is 8.98. The number of oxazole rings is 1. The summed E-state index contributed by atoms with van der Waals surface area (Å²) in [5.74, 6) is 1.58. The van der Waals surface area contributed by atoms with Gasteiger partial charge in [-0.3, -0.25) is 14.5 Å². The van der Waals surface area contributed by atoms with E-state index in [1.807, 2.05) is 4.90 Å². The van der Waals surface area contributed by atoms with E-state index in [0.29, 0.717) is 23.7 Å². The molecule has 1 N–H and O–H groups in total. The third kappa shape index (κ3) is 3.81. The number of hydrogen-bond acceptors (Lipinski definition) is 5. The predicted molar refractivity (Wildman–Crippen MR) is 103 cm³/mol. The SMILES string of the molecule is O=C(NC1CC1)[C@H]1CCCN(C2CCN(C(=O)c3ncoc3C3CC3)CC2)C1. The molecule has 0 unspecified atom stereocenters. The first-order valence-corrected chi connectivity index (χ1v) is 11.0. The fraction of sp³-hybridized carbons (Fsp3) is 0.762. The highest BCUT2D eigenvalue weighted by molar-refractivity contribution is 5.93. The number of carbonyl (C=O) groups is 2. The zero-order valence-corrected chi connectivity index (χ0v) is 16.4. The Kier molecular flexibility index (Phi) is 4.87. The predicted octanol–water partition coefficient (Wildman–Crippen LogP) is 2.15. The number of aromatic nitrogens is 1. The molecule has 0 spiro atoms. The lowest BCUT2D eigenvalue weighted by atomic mass is 9.93. The molecule has 2 amide bonds. The van der Waals surface area contributed by atoms with Crippen molar-refractivity contribution in [2.45, 2.75) is 69.4 Å². The van der Waals surface area contributed by atoms with Crippen LogP contribution in [0, 0.1) is 5.92 Å². The number of amides is 2. The summed E-state index contributed by atoms with van der Waals surface area (Å²) < 4.78 is 5.48. The van der Waals surface area contributed by atoms with E-state index in [0.717, 1.165) is 83.3 Å². The van der Waals surface area contributed by atoms with Gasteiger partial charge in [-0.2, -0.15) is 0 Å². The lowest BCUT2D eigenvalue weighted by Crippen LogP contribution is -2.51. The van der Waals surface area contributed by atoms with Gasteiger partial charge in [-0.05, 0) is 57.9 Å². The van der Waals surface area contributed by atoms with Gasteiger partial charge in [0.25, 0.3) is 5.91 Å². The Hall–Kier alpha value is -1.89. The maximum atomic E-state index is 12.9. The molecule has 152 valence electrons. The Morgan fingerprint density at radius 1 is 1.04 bits per heavy atom. The zero-order chi connectivity index (χ0) is 19.1. The molecule has 5 rings (SSSR count). The van der Waals surface area contributed by atoms with Crippen LogP contribution in [0.15, 0.2) is 10.8 Å². The molecule has 1 aromatic heterocycles. The molecule has 0 aromatic carbocycles. The zero-order valence-electron chi connectivity index (χ0n) is 16.4. The van der Waals surface area contributed by atoms with Gasteiger partial charge in [0.2, 0.25) is 5.91 Å². The van der Waals surface area contributed by atoms with Gasteiger partial charge in [0.05, 0.1) is 5.92 Å². The molecule has 1 atom stereocenters. The molecule has 7 heteroatoms. The lowest BCUT2D eigenvalue weighted by molar-refractivity contribution is -0.127. The molecule has 2 aliphatic carbocycles. The van der Waals surface area contributed by atoms with Gasteiger partial charge in [0, 0.05) is 37.6 Å². The van der Waals surface area contributed by atoms with Gasteiger partial charge in [-0.25, -0.2) is 4.98 Å². The van der Waals surface area contributed by atoms with Crippen molar-refractivity contribution in [1.29, 1.82) is 0 Å². The third-order valence-corrected chi connectivity index (χ3v) is 6.76. The van der Waals surface area contributed by atoms with Gasteiger partial charge in [0.15, 0.2) is 12.1 Å². The molecule has 4 aliphatic rings. The van der Waals surface area contributed by atoms with Crippen LogP contribution in [0.2, 0.25) is 0 Å². The molecular weight excluding hydrogens is 356 g/mol. The van der Waals surface area contributed by atoms with Gasteiger partial charge in [-0.15, -0.1) is 0 Å². The molecule has 1 aromatic rings. The molecule has 0 bridgehead atoms.